The van der Waals surface area contributed by atoms with Crippen LogP contribution in [0.3, 0.4) is 0 Å². The van der Waals surface area contributed by atoms with E-state index in [2.05, 4.69) is 5.32 Å². The lowest BCUT2D eigenvalue weighted by molar-refractivity contribution is -0.139. The van der Waals surface area contributed by atoms with E-state index in [1.54, 1.807) is 30.3 Å². The maximum absolute atomic E-state index is 14.3. The van der Waals surface area contributed by atoms with Crippen LogP contribution in [0.1, 0.15) is 11.1 Å². The van der Waals surface area contributed by atoms with Crippen LogP contribution < -0.4 is 19.1 Å². The minimum atomic E-state index is -4.26. The van der Waals surface area contributed by atoms with E-state index in [9.17, 15) is 22.4 Å². The first-order chi connectivity index (χ1) is 21.3. The Bertz CT molecular complexity index is 1700. The normalized spacial score (nSPS) is 13.0. The van der Waals surface area contributed by atoms with E-state index in [4.69, 9.17) is 9.47 Å². The molecule has 1 atom stereocenters. The van der Waals surface area contributed by atoms with Crippen LogP contribution in [0.15, 0.2) is 108 Å². The minimum absolute atomic E-state index is 0.0140. The lowest BCUT2D eigenvalue weighted by atomic mass is 10.0. The van der Waals surface area contributed by atoms with E-state index in [1.807, 2.05) is 30.3 Å². The van der Waals surface area contributed by atoms with Gasteiger partial charge in [0, 0.05) is 26.1 Å². The van der Waals surface area contributed by atoms with Crippen LogP contribution in [-0.2, 0) is 32.6 Å². The van der Waals surface area contributed by atoms with Crippen molar-refractivity contribution in [1.29, 1.82) is 0 Å². The van der Waals surface area contributed by atoms with Crippen molar-refractivity contribution in [3.8, 4) is 11.5 Å². The van der Waals surface area contributed by atoms with Gasteiger partial charge in [-0.15, -0.1) is 0 Å². The molecule has 0 saturated heterocycles. The largest absolute Gasteiger partial charge is 0.486 e. The van der Waals surface area contributed by atoms with Crippen molar-refractivity contribution in [2.75, 3.05) is 31.1 Å². The predicted octanol–water partition coefficient (Wildman–Crippen LogP) is 4.18. The van der Waals surface area contributed by atoms with Gasteiger partial charge in [0.05, 0.1) is 10.6 Å². The average molecular weight is 618 g/mol. The van der Waals surface area contributed by atoms with Crippen molar-refractivity contribution in [2.24, 2.45) is 0 Å². The fraction of sp³-hybridized carbons (Fsp3) is 0.212. The number of sulfonamides is 1. The third-order valence-corrected chi connectivity index (χ3v) is 9.00. The van der Waals surface area contributed by atoms with Crippen molar-refractivity contribution < 1.29 is 31.9 Å². The molecule has 0 fully saturated rings. The first-order valence-corrected chi connectivity index (χ1v) is 15.5. The van der Waals surface area contributed by atoms with E-state index < -0.39 is 40.2 Å². The summed E-state index contributed by atoms with van der Waals surface area (Å²) < 4.78 is 54.2. The molecular formula is C33H32FN3O6S. The summed E-state index contributed by atoms with van der Waals surface area (Å²) in [6.07, 6.45) is 0.170. The summed E-state index contributed by atoms with van der Waals surface area (Å²) in [7, 11) is -2.78. The molecule has 1 aliphatic rings. The fourth-order valence-electron chi connectivity index (χ4n) is 4.94. The Balaban J connectivity index is 1.57. The van der Waals surface area contributed by atoms with Gasteiger partial charge in [0.25, 0.3) is 10.0 Å². The maximum Gasteiger partial charge on any atom is 0.264 e. The van der Waals surface area contributed by atoms with Gasteiger partial charge in [0.1, 0.15) is 31.6 Å². The summed E-state index contributed by atoms with van der Waals surface area (Å²) in [5.41, 5.74) is 1.56. The molecule has 0 saturated carbocycles. The lowest BCUT2D eigenvalue weighted by Gasteiger charge is -2.33. The third kappa shape index (κ3) is 7.00. The van der Waals surface area contributed by atoms with Crippen molar-refractivity contribution in [2.45, 2.75) is 23.9 Å². The second-order valence-corrected chi connectivity index (χ2v) is 12.0. The zero-order valence-electron chi connectivity index (χ0n) is 24.1. The summed E-state index contributed by atoms with van der Waals surface area (Å²) in [5, 5.41) is 2.64. The molecule has 228 valence electrons. The Morgan fingerprint density at radius 3 is 2.14 bits per heavy atom. The summed E-state index contributed by atoms with van der Waals surface area (Å²) in [5.74, 6) is -0.694. The lowest BCUT2D eigenvalue weighted by Crippen LogP contribution is -2.53. The smallest absolute Gasteiger partial charge is 0.264 e. The van der Waals surface area contributed by atoms with Gasteiger partial charge in [-0.25, -0.2) is 12.8 Å². The number of amides is 2. The number of nitrogens with zero attached hydrogens (tertiary/aromatic N) is 2. The number of carbonyl (C=O) groups excluding carboxylic acids is 2. The summed E-state index contributed by atoms with van der Waals surface area (Å²) in [6, 6.07) is 26.2. The molecule has 1 aliphatic heterocycles. The molecule has 0 aromatic heterocycles. The highest BCUT2D eigenvalue weighted by molar-refractivity contribution is 7.92. The molecular weight excluding hydrogens is 585 g/mol. The van der Waals surface area contributed by atoms with Gasteiger partial charge >= 0.3 is 0 Å². The first kappa shape index (κ1) is 30.6. The second-order valence-electron chi connectivity index (χ2n) is 10.1. The van der Waals surface area contributed by atoms with E-state index in [1.165, 1.54) is 54.4 Å². The van der Waals surface area contributed by atoms with Crippen LogP contribution >= 0.6 is 0 Å². The van der Waals surface area contributed by atoms with Gasteiger partial charge in [-0.1, -0.05) is 60.7 Å². The molecule has 1 unspecified atom stereocenters. The summed E-state index contributed by atoms with van der Waals surface area (Å²) >= 11 is 0. The number of halogens is 1. The van der Waals surface area contributed by atoms with Crippen LogP contribution in [0.4, 0.5) is 10.1 Å². The van der Waals surface area contributed by atoms with Crippen molar-refractivity contribution in [3.63, 3.8) is 0 Å². The number of anilines is 1. The van der Waals surface area contributed by atoms with E-state index >= 15 is 0 Å². The van der Waals surface area contributed by atoms with Gasteiger partial charge in [0.15, 0.2) is 11.5 Å². The molecule has 4 aromatic carbocycles. The Morgan fingerprint density at radius 1 is 0.841 bits per heavy atom. The van der Waals surface area contributed by atoms with E-state index in [0.29, 0.717) is 30.3 Å². The Kier molecular flexibility index (Phi) is 9.44. The Morgan fingerprint density at radius 2 is 1.48 bits per heavy atom. The number of hydrogen-bond acceptors (Lipinski definition) is 6. The highest BCUT2D eigenvalue weighted by Crippen LogP contribution is 2.36. The second kappa shape index (κ2) is 13.6. The predicted molar refractivity (Wildman–Crippen MR) is 163 cm³/mol. The molecule has 5 rings (SSSR count). The summed E-state index contributed by atoms with van der Waals surface area (Å²) in [6.45, 7) is -0.0399. The van der Waals surface area contributed by atoms with Crippen LogP contribution in [0.5, 0.6) is 11.5 Å². The minimum Gasteiger partial charge on any atom is -0.486 e. The molecule has 1 N–H and O–H groups in total. The van der Waals surface area contributed by atoms with Crippen LogP contribution in [0.2, 0.25) is 0 Å². The fourth-order valence-corrected chi connectivity index (χ4v) is 6.37. The van der Waals surface area contributed by atoms with Crippen molar-refractivity contribution in [1.82, 2.24) is 10.2 Å². The SMILES string of the molecule is CNC(=O)C(Cc1ccccc1)N(Cc1ccc(F)cc1)C(=O)CN(c1ccc2c(c1)OCCO2)S(=O)(=O)c1ccccc1. The van der Waals surface area contributed by atoms with Crippen molar-refractivity contribution in [3.05, 3.63) is 120 Å². The van der Waals surface area contributed by atoms with E-state index in [0.717, 1.165) is 9.87 Å². The van der Waals surface area contributed by atoms with Gasteiger partial charge in [-0.2, -0.15) is 0 Å². The Labute approximate surface area is 255 Å². The first-order valence-electron chi connectivity index (χ1n) is 14.0. The number of likely N-dealkylation sites (N-methyl/N-ethyl adjacent to an activating group) is 1. The number of hydrogen-bond donors (Lipinski definition) is 1. The van der Waals surface area contributed by atoms with Crippen LogP contribution in [0, 0.1) is 5.82 Å². The molecule has 44 heavy (non-hydrogen) atoms. The monoisotopic (exact) mass is 617 g/mol. The molecule has 1 heterocycles. The number of benzene rings is 4. The van der Waals surface area contributed by atoms with Gasteiger partial charge < -0.3 is 19.7 Å². The molecule has 9 nitrogen and oxygen atoms in total. The number of fused-ring (bicyclic) bond motifs is 1. The molecule has 0 radical (unpaired) electrons. The van der Waals surface area contributed by atoms with Crippen LogP contribution in [0.25, 0.3) is 0 Å². The van der Waals surface area contributed by atoms with Gasteiger partial charge in [0.2, 0.25) is 11.8 Å². The zero-order valence-corrected chi connectivity index (χ0v) is 24.9. The van der Waals surface area contributed by atoms with Crippen LogP contribution in [-0.4, -0.2) is 58.0 Å². The molecule has 0 aliphatic carbocycles. The molecule has 0 bridgehead atoms. The molecule has 4 aromatic rings. The zero-order chi connectivity index (χ0) is 31.1. The number of nitrogens with one attached hydrogen (secondary N) is 1. The quantitative estimate of drug-likeness (QED) is 0.271. The Hall–Kier alpha value is -4.90. The average Bonchev–Trinajstić information content (AvgIpc) is 3.06. The number of ether oxygens (including phenoxy) is 2. The third-order valence-electron chi connectivity index (χ3n) is 7.21. The van der Waals surface area contributed by atoms with E-state index in [-0.39, 0.29) is 23.5 Å². The molecule has 0 spiro atoms. The number of rotatable bonds is 11. The van der Waals surface area contributed by atoms with Gasteiger partial charge in [-0.3, -0.25) is 13.9 Å². The topological polar surface area (TPSA) is 105 Å². The molecule has 2 amide bonds. The summed E-state index contributed by atoms with van der Waals surface area (Å²) in [4.78, 5) is 29.0. The maximum atomic E-state index is 14.3. The van der Waals surface area contributed by atoms with Gasteiger partial charge in [-0.05, 0) is 47.5 Å². The number of carbonyl (C=O) groups is 2. The highest BCUT2D eigenvalue weighted by Gasteiger charge is 2.34. The van der Waals surface area contributed by atoms with Crippen molar-refractivity contribution >= 4 is 27.5 Å². The molecule has 11 heteroatoms. The standard InChI is InChI=1S/C33H32FN3O6S/c1-35-33(39)29(20-24-8-4-2-5-9-24)36(22-25-12-14-26(34)15-13-25)32(38)23-37(44(40,41)28-10-6-3-7-11-28)27-16-17-30-31(21-27)43-19-18-42-30/h2-17,21,29H,18-20,22-23H2,1H3,(H,35,39). The highest BCUT2D eigenvalue weighted by atomic mass is 32.2.